The van der Waals surface area contributed by atoms with Crippen LogP contribution in [0.4, 0.5) is 5.69 Å². The van der Waals surface area contributed by atoms with E-state index in [0.29, 0.717) is 5.69 Å². The summed E-state index contributed by atoms with van der Waals surface area (Å²) in [6.45, 7) is 5.45. The number of hydrogen-bond acceptors (Lipinski definition) is 4. The van der Waals surface area contributed by atoms with E-state index >= 15 is 0 Å². The lowest BCUT2D eigenvalue weighted by atomic mass is 10.1. The number of rotatable bonds is 3. The van der Waals surface area contributed by atoms with Crippen LogP contribution in [-0.4, -0.2) is 18.4 Å². The largest absolute Gasteiger partial charge is 0.325 e. The predicted octanol–water partition coefficient (Wildman–Crippen LogP) is 0.789. The molecule has 0 fully saturated rings. The van der Waals surface area contributed by atoms with E-state index in [2.05, 4.69) is 9.71 Å². The van der Waals surface area contributed by atoms with Gasteiger partial charge in [-0.15, -0.1) is 0 Å². The lowest BCUT2D eigenvalue weighted by molar-refractivity contribution is 0.599. The molecular formula is C13H15N3O4S. The third kappa shape index (κ3) is 3.05. The van der Waals surface area contributed by atoms with Gasteiger partial charge in [0.15, 0.2) is 4.90 Å². The molecule has 7 nitrogen and oxygen atoms in total. The molecule has 0 saturated heterocycles. The molecule has 1 aromatic carbocycles. The van der Waals surface area contributed by atoms with Gasteiger partial charge in [0.25, 0.3) is 15.6 Å². The first-order chi connectivity index (χ1) is 9.70. The molecule has 0 unspecified atom stereocenters. The van der Waals surface area contributed by atoms with E-state index in [9.17, 15) is 18.0 Å². The van der Waals surface area contributed by atoms with Crippen molar-refractivity contribution in [3.05, 3.63) is 55.9 Å². The lowest BCUT2D eigenvalue weighted by Gasteiger charge is -2.13. The molecule has 0 spiro atoms. The van der Waals surface area contributed by atoms with E-state index in [-0.39, 0.29) is 0 Å². The summed E-state index contributed by atoms with van der Waals surface area (Å²) in [5, 5.41) is 0. The Kier molecular flexibility index (Phi) is 3.73. The normalized spacial score (nSPS) is 11.4. The number of aryl methyl sites for hydroxylation is 3. The fourth-order valence-corrected chi connectivity index (χ4v) is 3.34. The quantitative estimate of drug-likeness (QED) is 0.778. The molecule has 2 aromatic rings. The van der Waals surface area contributed by atoms with Crippen molar-refractivity contribution in [2.45, 2.75) is 25.7 Å². The minimum absolute atomic E-state index is 0.422. The minimum atomic E-state index is -4.08. The number of benzene rings is 1. The molecule has 0 bridgehead atoms. The predicted molar refractivity (Wildman–Crippen MR) is 79.1 cm³/mol. The summed E-state index contributed by atoms with van der Waals surface area (Å²) >= 11 is 0. The van der Waals surface area contributed by atoms with Gasteiger partial charge in [-0.2, -0.15) is 0 Å². The Morgan fingerprint density at radius 1 is 1.05 bits per heavy atom. The average Bonchev–Trinajstić information content (AvgIpc) is 2.33. The molecule has 0 amide bonds. The number of aromatic nitrogens is 2. The Hall–Kier alpha value is -2.35. The van der Waals surface area contributed by atoms with Crippen molar-refractivity contribution in [1.29, 1.82) is 0 Å². The van der Waals surface area contributed by atoms with Gasteiger partial charge in [0.2, 0.25) is 0 Å². The Morgan fingerprint density at radius 3 is 2.14 bits per heavy atom. The highest BCUT2D eigenvalue weighted by Crippen LogP contribution is 2.24. The molecule has 1 heterocycles. The van der Waals surface area contributed by atoms with Crippen molar-refractivity contribution in [3.8, 4) is 0 Å². The molecule has 0 radical (unpaired) electrons. The zero-order valence-electron chi connectivity index (χ0n) is 11.8. The summed E-state index contributed by atoms with van der Waals surface area (Å²) < 4.78 is 26.9. The first-order valence-electron chi connectivity index (χ1n) is 6.13. The van der Waals surface area contributed by atoms with Crippen LogP contribution in [0.3, 0.4) is 0 Å². The van der Waals surface area contributed by atoms with Gasteiger partial charge in [0, 0.05) is 6.20 Å². The maximum atomic E-state index is 12.3. The van der Waals surface area contributed by atoms with Crippen LogP contribution < -0.4 is 16.0 Å². The van der Waals surface area contributed by atoms with Gasteiger partial charge in [-0.3, -0.25) is 14.5 Å². The zero-order valence-corrected chi connectivity index (χ0v) is 12.6. The molecule has 1 aromatic heterocycles. The summed E-state index contributed by atoms with van der Waals surface area (Å²) in [5.41, 5.74) is 1.20. The van der Waals surface area contributed by atoms with Crippen molar-refractivity contribution < 1.29 is 8.42 Å². The maximum absolute atomic E-state index is 12.3. The van der Waals surface area contributed by atoms with Crippen molar-refractivity contribution in [2.24, 2.45) is 0 Å². The second-order valence-corrected chi connectivity index (χ2v) is 6.47. The number of sulfonamides is 1. The molecule has 0 aliphatic carbocycles. The Morgan fingerprint density at radius 2 is 1.62 bits per heavy atom. The molecule has 0 saturated carbocycles. The van der Waals surface area contributed by atoms with Crippen molar-refractivity contribution in [3.63, 3.8) is 0 Å². The summed E-state index contributed by atoms with van der Waals surface area (Å²) in [7, 11) is -4.08. The topological polar surface area (TPSA) is 112 Å². The van der Waals surface area contributed by atoms with Gasteiger partial charge in [-0.05, 0) is 31.9 Å². The monoisotopic (exact) mass is 309 g/mol. The third-order valence-electron chi connectivity index (χ3n) is 2.99. The fraction of sp³-hybridized carbons (Fsp3) is 0.231. The molecule has 112 valence electrons. The van der Waals surface area contributed by atoms with Crippen molar-refractivity contribution >= 4 is 15.7 Å². The molecule has 21 heavy (non-hydrogen) atoms. The second-order valence-electron chi connectivity index (χ2n) is 4.82. The molecule has 0 aliphatic heterocycles. The van der Waals surface area contributed by atoms with E-state index in [1.807, 2.05) is 24.0 Å². The van der Waals surface area contributed by atoms with E-state index in [1.165, 1.54) is 0 Å². The van der Waals surface area contributed by atoms with Gasteiger partial charge in [-0.1, -0.05) is 17.7 Å². The summed E-state index contributed by atoms with van der Waals surface area (Å²) in [4.78, 5) is 26.0. The number of nitrogens with one attached hydrogen (secondary N) is 3. The van der Waals surface area contributed by atoms with Crippen molar-refractivity contribution in [2.75, 3.05) is 4.72 Å². The van der Waals surface area contributed by atoms with Crippen LogP contribution in [0, 0.1) is 20.8 Å². The smallest absolute Gasteiger partial charge is 0.313 e. The van der Waals surface area contributed by atoms with Crippen molar-refractivity contribution in [1.82, 2.24) is 9.97 Å². The number of H-pyrrole nitrogens is 2. The van der Waals surface area contributed by atoms with Gasteiger partial charge in [-0.25, -0.2) is 13.2 Å². The number of aromatic amines is 2. The van der Waals surface area contributed by atoms with E-state index in [1.54, 1.807) is 13.8 Å². The molecular weight excluding hydrogens is 294 g/mol. The first kappa shape index (κ1) is 15.0. The van der Waals surface area contributed by atoms with Crippen LogP contribution in [-0.2, 0) is 10.0 Å². The number of hydrogen-bond donors (Lipinski definition) is 3. The SMILES string of the molecule is Cc1cc(C)c(NS(=O)(=O)c2c[nH]c(=O)[nH]c2=O)c(C)c1. The highest BCUT2D eigenvalue weighted by atomic mass is 32.2. The lowest BCUT2D eigenvalue weighted by Crippen LogP contribution is -2.29. The first-order valence-corrected chi connectivity index (χ1v) is 7.62. The summed E-state index contributed by atoms with van der Waals surface area (Å²) in [6.07, 6.45) is 0.877. The molecule has 8 heteroatoms. The summed E-state index contributed by atoms with van der Waals surface area (Å²) in [5.74, 6) is 0. The third-order valence-corrected chi connectivity index (χ3v) is 4.34. The Bertz CT molecular complexity index is 886. The maximum Gasteiger partial charge on any atom is 0.325 e. The molecule has 0 atom stereocenters. The molecule has 0 aliphatic rings. The molecule has 3 N–H and O–H groups in total. The summed E-state index contributed by atoms with van der Waals surface area (Å²) in [6, 6.07) is 3.67. The van der Waals surface area contributed by atoms with Crippen LogP contribution >= 0.6 is 0 Å². The van der Waals surface area contributed by atoms with E-state index < -0.39 is 26.2 Å². The van der Waals surface area contributed by atoms with Crippen LogP contribution in [0.5, 0.6) is 0 Å². The minimum Gasteiger partial charge on any atom is -0.313 e. The van der Waals surface area contributed by atoms with Gasteiger partial charge in [0.1, 0.15) is 0 Å². The standard InChI is InChI=1S/C13H15N3O4S/c1-7-4-8(2)11(9(3)5-7)16-21(19,20)10-6-14-13(18)15-12(10)17/h4-6,16H,1-3H3,(H2,14,15,17,18). The van der Waals surface area contributed by atoms with Gasteiger partial charge >= 0.3 is 5.69 Å². The second kappa shape index (κ2) is 5.21. The highest BCUT2D eigenvalue weighted by molar-refractivity contribution is 7.92. The van der Waals surface area contributed by atoms with E-state index in [4.69, 9.17) is 0 Å². The number of anilines is 1. The average molecular weight is 309 g/mol. The van der Waals surface area contributed by atoms with E-state index in [0.717, 1.165) is 22.9 Å². The van der Waals surface area contributed by atoms with Crippen LogP contribution in [0.25, 0.3) is 0 Å². The van der Waals surface area contributed by atoms with Gasteiger partial charge in [0.05, 0.1) is 5.69 Å². The van der Waals surface area contributed by atoms with Crippen LogP contribution in [0.15, 0.2) is 32.8 Å². The van der Waals surface area contributed by atoms with Crippen LogP contribution in [0.1, 0.15) is 16.7 Å². The zero-order chi connectivity index (χ0) is 15.8. The highest BCUT2D eigenvalue weighted by Gasteiger charge is 2.20. The Balaban J connectivity index is 2.52. The fourth-order valence-electron chi connectivity index (χ4n) is 2.13. The molecule has 2 rings (SSSR count). The van der Waals surface area contributed by atoms with Crippen LogP contribution in [0.2, 0.25) is 0 Å². The van der Waals surface area contributed by atoms with Gasteiger partial charge < -0.3 is 4.98 Å². The Labute approximate surface area is 121 Å².